The molecule has 4 bridgehead atoms. The molecule has 2 heteroatoms. The van der Waals surface area contributed by atoms with Crippen LogP contribution in [0.4, 0.5) is 0 Å². The molecule has 0 aliphatic heterocycles. The Kier molecular flexibility index (Phi) is 3.11. The number of fused-ring (bicyclic) bond motifs is 1. The number of hydrogen-bond acceptors (Lipinski definition) is 1. The van der Waals surface area contributed by atoms with Crippen molar-refractivity contribution in [3.05, 3.63) is 35.4 Å². The van der Waals surface area contributed by atoms with Crippen LogP contribution >= 0.6 is 0 Å². The van der Waals surface area contributed by atoms with Gasteiger partial charge in [0.15, 0.2) is 0 Å². The van der Waals surface area contributed by atoms with Gasteiger partial charge in [0.25, 0.3) is 0 Å². The summed E-state index contributed by atoms with van der Waals surface area (Å²) in [6, 6.07) is 8.59. The van der Waals surface area contributed by atoms with E-state index in [1.807, 2.05) is 0 Å². The van der Waals surface area contributed by atoms with Crippen LogP contribution in [0.15, 0.2) is 24.3 Å². The maximum atomic E-state index is 13.1. The van der Waals surface area contributed by atoms with Crippen molar-refractivity contribution in [1.29, 1.82) is 0 Å². The fourth-order valence-corrected chi connectivity index (χ4v) is 6.64. The van der Waals surface area contributed by atoms with Gasteiger partial charge in [-0.1, -0.05) is 24.3 Å². The van der Waals surface area contributed by atoms with Crippen molar-refractivity contribution >= 4 is 5.91 Å². The molecule has 0 heterocycles. The monoisotopic (exact) mass is 309 g/mol. The molecular formula is C21H27NO. The number of rotatable bonds is 2. The highest BCUT2D eigenvalue weighted by atomic mass is 16.2. The summed E-state index contributed by atoms with van der Waals surface area (Å²) in [5, 5.41) is 3.60. The van der Waals surface area contributed by atoms with Gasteiger partial charge in [-0.15, -0.1) is 0 Å². The molecule has 2 nitrogen and oxygen atoms in total. The third kappa shape index (κ3) is 2.33. The van der Waals surface area contributed by atoms with E-state index in [0.29, 0.717) is 5.91 Å². The third-order valence-electron chi connectivity index (χ3n) is 7.11. The number of carbonyl (C=O) groups is 1. The van der Waals surface area contributed by atoms with Crippen molar-refractivity contribution < 1.29 is 4.79 Å². The Morgan fingerprint density at radius 1 is 1.00 bits per heavy atom. The quantitative estimate of drug-likeness (QED) is 0.872. The first kappa shape index (κ1) is 14.1. The molecular weight excluding hydrogens is 282 g/mol. The topological polar surface area (TPSA) is 29.1 Å². The van der Waals surface area contributed by atoms with Crippen LogP contribution in [0.5, 0.6) is 0 Å². The van der Waals surface area contributed by atoms with Gasteiger partial charge in [0, 0.05) is 5.54 Å². The molecule has 23 heavy (non-hydrogen) atoms. The van der Waals surface area contributed by atoms with Crippen molar-refractivity contribution in [3.8, 4) is 0 Å². The smallest absolute Gasteiger partial charge is 0.227 e. The van der Waals surface area contributed by atoms with Gasteiger partial charge < -0.3 is 5.32 Å². The molecule has 0 radical (unpaired) electrons. The lowest BCUT2D eigenvalue weighted by Gasteiger charge is -2.57. The number of carbonyl (C=O) groups excluding carboxylic acids is 1. The van der Waals surface area contributed by atoms with Crippen molar-refractivity contribution in [1.82, 2.24) is 5.32 Å². The number of nitrogens with one attached hydrogen (secondary N) is 1. The molecule has 0 aromatic heterocycles. The normalized spacial score (nSPS) is 40.7. The van der Waals surface area contributed by atoms with Crippen LogP contribution in [0, 0.1) is 17.8 Å². The van der Waals surface area contributed by atoms with E-state index in [1.54, 1.807) is 0 Å². The molecule has 5 aliphatic rings. The summed E-state index contributed by atoms with van der Waals surface area (Å²) in [4.78, 5) is 13.1. The first-order chi connectivity index (χ1) is 11.2. The highest BCUT2D eigenvalue weighted by Gasteiger charge is 2.51. The predicted octanol–water partition coefficient (Wildman–Crippen LogP) is 4.19. The second kappa shape index (κ2) is 5.09. The summed E-state index contributed by atoms with van der Waals surface area (Å²) in [6.07, 6.45) is 11.4. The van der Waals surface area contributed by atoms with Crippen LogP contribution in [-0.2, 0) is 11.2 Å². The van der Waals surface area contributed by atoms with Gasteiger partial charge in [-0.25, -0.2) is 0 Å². The van der Waals surface area contributed by atoms with Gasteiger partial charge in [0.2, 0.25) is 5.91 Å². The molecule has 1 N–H and O–H groups in total. The van der Waals surface area contributed by atoms with Gasteiger partial charge >= 0.3 is 0 Å². The maximum Gasteiger partial charge on any atom is 0.227 e. The fourth-order valence-electron chi connectivity index (χ4n) is 6.64. The SMILES string of the molecule is O=C(NC12CC3CC(CC(C3)C1)C2)C1CCCc2ccccc21. The minimum absolute atomic E-state index is 0.0907. The van der Waals surface area contributed by atoms with Crippen LogP contribution < -0.4 is 5.32 Å². The first-order valence-electron chi connectivity index (χ1n) is 9.61. The van der Waals surface area contributed by atoms with Crippen molar-refractivity contribution in [2.24, 2.45) is 17.8 Å². The Labute approximate surface area is 139 Å². The summed E-state index contributed by atoms with van der Waals surface area (Å²) in [6.45, 7) is 0. The van der Waals surface area contributed by atoms with E-state index in [2.05, 4.69) is 29.6 Å². The van der Waals surface area contributed by atoms with E-state index < -0.39 is 0 Å². The second-order valence-electron chi connectivity index (χ2n) is 8.83. The molecule has 6 rings (SSSR count). The Balaban J connectivity index is 1.38. The minimum Gasteiger partial charge on any atom is -0.350 e. The highest BCUT2D eigenvalue weighted by Crippen LogP contribution is 2.55. The van der Waals surface area contributed by atoms with Crippen LogP contribution in [0.25, 0.3) is 0 Å². The lowest BCUT2D eigenvalue weighted by molar-refractivity contribution is -0.128. The Morgan fingerprint density at radius 3 is 2.35 bits per heavy atom. The third-order valence-corrected chi connectivity index (χ3v) is 7.11. The van der Waals surface area contributed by atoms with Crippen LogP contribution in [0.2, 0.25) is 0 Å². The zero-order valence-electron chi connectivity index (χ0n) is 13.9. The van der Waals surface area contributed by atoms with E-state index >= 15 is 0 Å². The molecule has 122 valence electrons. The second-order valence-corrected chi connectivity index (χ2v) is 8.83. The van der Waals surface area contributed by atoms with Crippen LogP contribution in [0.3, 0.4) is 0 Å². The van der Waals surface area contributed by atoms with E-state index in [4.69, 9.17) is 0 Å². The molecule has 1 amide bonds. The summed E-state index contributed by atoms with van der Waals surface area (Å²) in [5.41, 5.74) is 2.84. The Morgan fingerprint density at radius 2 is 1.65 bits per heavy atom. The molecule has 0 saturated heterocycles. The number of benzene rings is 1. The molecule has 4 saturated carbocycles. The van der Waals surface area contributed by atoms with Crippen molar-refractivity contribution in [2.45, 2.75) is 69.2 Å². The van der Waals surface area contributed by atoms with Gasteiger partial charge in [-0.3, -0.25) is 4.79 Å². The summed E-state index contributed by atoms with van der Waals surface area (Å²) in [7, 11) is 0. The Hall–Kier alpha value is -1.31. The molecule has 1 atom stereocenters. The van der Waals surface area contributed by atoms with E-state index in [0.717, 1.165) is 37.0 Å². The van der Waals surface area contributed by atoms with E-state index in [1.165, 1.54) is 49.7 Å². The maximum absolute atomic E-state index is 13.1. The zero-order chi connectivity index (χ0) is 15.4. The average Bonchev–Trinajstić information content (AvgIpc) is 2.52. The van der Waals surface area contributed by atoms with E-state index in [9.17, 15) is 4.79 Å². The number of hydrogen-bond donors (Lipinski definition) is 1. The molecule has 0 spiro atoms. The van der Waals surface area contributed by atoms with Gasteiger partial charge in [-0.2, -0.15) is 0 Å². The standard InChI is InChI=1S/C21H27NO/c23-20(19-7-3-5-17-4-1-2-6-18(17)19)22-21-11-14-8-15(12-21)10-16(9-14)13-21/h1-2,4,6,14-16,19H,3,5,7-13H2,(H,22,23). The molecule has 1 aromatic rings. The zero-order valence-corrected chi connectivity index (χ0v) is 13.9. The lowest BCUT2D eigenvalue weighted by Crippen LogP contribution is -2.60. The van der Waals surface area contributed by atoms with Crippen LogP contribution in [0.1, 0.15) is 68.4 Å². The van der Waals surface area contributed by atoms with Gasteiger partial charge in [0.05, 0.1) is 5.92 Å². The molecule has 1 aromatic carbocycles. The number of aryl methyl sites for hydroxylation is 1. The highest BCUT2D eigenvalue weighted by molar-refractivity contribution is 5.85. The Bertz CT molecular complexity index is 599. The fraction of sp³-hybridized carbons (Fsp3) is 0.667. The minimum atomic E-state index is 0.0907. The molecule has 5 aliphatic carbocycles. The largest absolute Gasteiger partial charge is 0.350 e. The van der Waals surface area contributed by atoms with Gasteiger partial charge in [-0.05, 0) is 86.7 Å². The summed E-state index contributed by atoms with van der Waals surface area (Å²) in [5.74, 6) is 3.08. The molecule has 4 fully saturated rings. The number of amides is 1. The summed E-state index contributed by atoms with van der Waals surface area (Å²) >= 11 is 0. The lowest BCUT2D eigenvalue weighted by atomic mass is 9.53. The van der Waals surface area contributed by atoms with Gasteiger partial charge in [0.1, 0.15) is 0 Å². The summed E-state index contributed by atoms with van der Waals surface area (Å²) < 4.78 is 0. The van der Waals surface area contributed by atoms with Crippen molar-refractivity contribution in [3.63, 3.8) is 0 Å². The molecule has 1 unspecified atom stereocenters. The predicted molar refractivity (Wildman–Crippen MR) is 91.2 cm³/mol. The van der Waals surface area contributed by atoms with Crippen molar-refractivity contribution in [2.75, 3.05) is 0 Å². The van der Waals surface area contributed by atoms with Crippen LogP contribution in [-0.4, -0.2) is 11.4 Å². The first-order valence-corrected chi connectivity index (χ1v) is 9.61. The average molecular weight is 309 g/mol. The van der Waals surface area contributed by atoms with E-state index in [-0.39, 0.29) is 11.5 Å².